The molecule has 4 heteroatoms. The van der Waals surface area contributed by atoms with Crippen LogP contribution in [0.3, 0.4) is 0 Å². The monoisotopic (exact) mass is 300 g/mol. The average Bonchev–Trinajstić information content (AvgIpc) is 2.53. The summed E-state index contributed by atoms with van der Waals surface area (Å²) in [5.41, 5.74) is 0.825. The fraction of sp³-hybridized carbons (Fsp3) is 0.176. The van der Waals surface area contributed by atoms with E-state index in [4.69, 9.17) is 21.7 Å². The molecule has 0 saturated carbocycles. The normalized spacial score (nSPS) is 14.7. The Morgan fingerprint density at radius 1 is 1.19 bits per heavy atom. The molecule has 3 nitrogen and oxygen atoms in total. The van der Waals surface area contributed by atoms with Crippen molar-refractivity contribution in [2.75, 3.05) is 14.2 Å². The lowest BCUT2D eigenvalue weighted by Gasteiger charge is -2.09. The molecule has 0 amide bonds. The first-order valence-corrected chi connectivity index (χ1v) is 6.89. The van der Waals surface area contributed by atoms with Crippen LogP contribution in [0.2, 0.25) is 0 Å². The third-order valence-electron chi connectivity index (χ3n) is 3.13. The van der Waals surface area contributed by atoms with Crippen LogP contribution in [0.1, 0.15) is 5.56 Å². The van der Waals surface area contributed by atoms with Crippen LogP contribution in [-0.2, 0) is 4.79 Å². The number of thiocarbonyl (C=S) groups is 1. The van der Waals surface area contributed by atoms with E-state index in [1.54, 1.807) is 56.7 Å². The summed E-state index contributed by atoms with van der Waals surface area (Å²) in [5, 5.41) is 0. The fourth-order valence-electron chi connectivity index (χ4n) is 1.95. The molecule has 0 aromatic heterocycles. The number of methoxy groups -OCH3 is 2. The van der Waals surface area contributed by atoms with E-state index in [2.05, 4.69) is 0 Å². The van der Waals surface area contributed by atoms with Gasteiger partial charge in [-0.25, -0.2) is 0 Å². The van der Waals surface area contributed by atoms with Crippen molar-refractivity contribution < 1.29 is 14.3 Å². The molecule has 0 radical (unpaired) electrons. The highest BCUT2D eigenvalue weighted by atomic mass is 32.1. The van der Waals surface area contributed by atoms with Crippen molar-refractivity contribution in [2.24, 2.45) is 5.92 Å². The zero-order chi connectivity index (χ0) is 15.2. The van der Waals surface area contributed by atoms with Crippen LogP contribution in [0.5, 0.6) is 11.5 Å². The second-order valence-corrected chi connectivity index (χ2v) is 4.96. The van der Waals surface area contributed by atoms with Crippen molar-refractivity contribution in [3.63, 3.8) is 0 Å². The number of rotatable bonds is 5. The number of hydrogen-bond acceptors (Lipinski definition) is 4. The standard InChI is InChI=1S/C17H16O3S/c1-19-14-7-3-13(17(11-14)20-2)6-10-16(18)12-4-8-15(21)9-5-12/h3-12H,1-2H3/b10-6+. The first-order valence-electron chi connectivity index (χ1n) is 6.48. The number of benzene rings is 1. The number of ether oxygens (including phenoxy) is 2. The van der Waals surface area contributed by atoms with Crippen LogP contribution in [0, 0.1) is 5.92 Å². The summed E-state index contributed by atoms with van der Waals surface area (Å²) in [6.07, 6.45) is 10.5. The molecule has 1 aliphatic rings. The van der Waals surface area contributed by atoms with Gasteiger partial charge in [0.05, 0.1) is 20.1 Å². The number of carbonyl (C=O) groups excluding carboxylic acids is 1. The number of ketones is 1. The molecule has 0 spiro atoms. The summed E-state index contributed by atoms with van der Waals surface area (Å²) in [6, 6.07) is 5.46. The number of carbonyl (C=O) groups is 1. The molecule has 1 aliphatic carbocycles. The number of hydrogen-bond donors (Lipinski definition) is 0. The first-order chi connectivity index (χ1) is 10.1. The van der Waals surface area contributed by atoms with Gasteiger partial charge in [-0.3, -0.25) is 4.79 Å². The Kier molecular flexibility index (Phi) is 5.06. The van der Waals surface area contributed by atoms with Gasteiger partial charge >= 0.3 is 0 Å². The van der Waals surface area contributed by atoms with E-state index in [0.29, 0.717) is 11.5 Å². The topological polar surface area (TPSA) is 35.5 Å². The maximum absolute atomic E-state index is 12.1. The minimum Gasteiger partial charge on any atom is -0.497 e. The molecule has 2 rings (SSSR count). The fourth-order valence-corrected chi connectivity index (χ4v) is 2.10. The second kappa shape index (κ2) is 6.99. The summed E-state index contributed by atoms with van der Waals surface area (Å²) in [6.45, 7) is 0. The first kappa shape index (κ1) is 15.2. The largest absolute Gasteiger partial charge is 0.497 e. The van der Waals surface area contributed by atoms with Crippen LogP contribution in [0.4, 0.5) is 0 Å². The van der Waals surface area contributed by atoms with Crippen LogP contribution in [0.15, 0.2) is 48.6 Å². The van der Waals surface area contributed by atoms with E-state index < -0.39 is 0 Å². The van der Waals surface area contributed by atoms with E-state index in [9.17, 15) is 4.79 Å². The van der Waals surface area contributed by atoms with Crippen LogP contribution >= 0.6 is 12.2 Å². The highest BCUT2D eigenvalue weighted by molar-refractivity contribution is 7.81. The predicted octanol–water partition coefficient (Wildman–Crippen LogP) is 3.40. The van der Waals surface area contributed by atoms with Crippen LogP contribution < -0.4 is 9.47 Å². The van der Waals surface area contributed by atoms with Gasteiger partial charge in [0, 0.05) is 16.5 Å². The van der Waals surface area contributed by atoms with E-state index in [1.165, 1.54) is 0 Å². The van der Waals surface area contributed by atoms with Gasteiger partial charge in [0.15, 0.2) is 5.78 Å². The lowest BCUT2D eigenvalue weighted by atomic mass is 9.98. The minimum absolute atomic E-state index is 0.00266. The maximum atomic E-state index is 12.1. The summed E-state index contributed by atoms with van der Waals surface area (Å²) >= 11 is 5.01. The van der Waals surface area contributed by atoms with E-state index in [-0.39, 0.29) is 11.7 Å². The zero-order valence-electron chi connectivity index (χ0n) is 11.9. The Morgan fingerprint density at radius 2 is 1.90 bits per heavy atom. The summed E-state index contributed by atoms with van der Waals surface area (Å²) < 4.78 is 10.4. The molecule has 108 valence electrons. The minimum atomic E-state index is -0.253. The summed E-state index contributed by atoms with van der Waals surface area (Å²) in [4.78, 5) is 12.8. The van der Waals surface area contributed by atoms with Gasteiger partial charge in [0.25, 0.3) is 0 Å². The summed E-state index contributed by atoms with van der Waals surface area (Å²) in [7, 11) is 3.18. The Morgan fingerprint density at radius 3 is 2.52 bits per heavy atom. The van der Waals surface area contributed by atoms with Gasteiger partial charge in [-0.05, 0) is 36.4 Å². The molecule has 0 N–H and O–H groups in total. The predicted molar refractivity (Wildman–Crippen MR) is 88.0 cm³/mol. The zero-order valence-corrected chi connectivity index (χ0v) is 12.7. The van der Waals surface area contributed by atoms with Crippen LogP contribution in [0.25, 0.3) is 6.08 Å². The van der Waals surface area contributed by atoms with Crippen molar-refractivity contribution >= 4 is 28.9 Å². The van der Waals surface area contributed by atoms with Gasteiger partial charge in [0.1, 0.15) is 11.5 Å². The molecule has 0 aliphatic heterocycles. The van der Waals surface area contributed by atoms with E-state index in [0.717, 1.165) is 10.4 Å². The Labute approximate surface area is 129 Å². The van der Waals surface area contributed by atoms with Crippen molar-refractivity contribution in [3.05, 3.63) is 54.1 Å². The third-order valence-corrected chi connectivity index (χ3v) is 3.40. The van der Waals surface area contributed by atoms with Crippen molar-refractivity contribution in [1.29, 1.82) is 0 Å². The highest BCUT2D eigenvalue weighted by Gasteiger charge is 2.12. The maximum Gasteiger partial charge on any atom is 0.166 e. The molecule has 21 heavy (non-hydrogen) atoms. The lowest BCUT2D eigenvalue weighted by Crippen LogP contribution is -2.09. The van der Waals surface area contributed by atoms with Gasteiger partial charge in [-0.2, -0.15) is 0 Å². The van der Waals surface area contributed by atoms with Crippen molar-refractivity contribution in [1.82, 2.24) is 0 Å². The van der Waals surface area contributed by atoms with Crippen molar-refractivity contribution in [3.8, 4) is 11.5 Å². The molecule has 0 fully saturated rings. The van der Waals surface area contributed by atoms with Gasteiger partial charge in [-0.1, -0.05) is 24.4 Å². The Hall–Kier alpha value is -2.20. The Balaban J connectivity index is 2.14. The molecular weight excluding hydrogens is 284 g/mol. The smallest absolute Gasteiger partial charge is 0.166 e. The molecule has 0 atom stereocenters. The van der Waals surface area contributed by atoms with Crippen molar-refractivity contribution in [2.45, 2.75) is 0 Å². The molecule has 0 saturated heterocycles. The second-order valence-electron chi connectivity index (χ2n) is 4.49. The quantitative estimate of drug-likeness (QED) is 0.617. The SMILES string of the molecule is COc1ccc(/C=C/C(=O)C2C=CC(=S)C=C2)c(OC)c1. The van der Waals surface area contributed by atoms with Gasteiger partial charge in [-0.15, -0.1) is 0 Å². The molecule has 1 aromatic rings. The molecule has 0 bridgehead atoms. The Bertz CT molecular complexity index is 625. The third kappa shape index (κ3) is 3.89. The van der Waals surface area contributed by atoms with E-state index in [1.807, 2.05) is 12.1 Å². The molecule has 0 heterocycles. The molecular formula is C17H16O3S. The molecule has 1 aromatic carbocycles. The van der Waals surface area contributed by atoms with Crippen LogP contribution in [-0.4, -0.2) is 24.9 Å². The summed E-state index contributed by atoms with van der Waals surface area (Å²) in [5.74, 6) is 1.12. The van der Waals surface area contributed by atoms with E-state index >= 15 is 0 Å². The van der Waals surface area contributed by atoms with Gasteiger partial charge < -0.3 is 9.47 Å². The average molecular weight is 300 g/mol. The highest BCUT2D eigenvalue weighted by Crippen LogP contribution is 2.25. The number of allylic oxidation sites excluding steroid dienone is 5. The van der Waals surface area contributed by atoms with Gasteiger partial charge in [0.2, 0.25) is 0 Å². The lowest BCUT2D eigenvalue weighted by molar-refractivity contribution is -0.115. The molecule has 0 unspecified atom stereocenters.